The summed E-state index contributed by atoms with van der Waals surface area (Å²) in [6, 6.07) is 2.16. The lowest BCUT2D eigenvalue weighted by Crippen LogP contribution is -2.32. The zero-order valence-electron chi connectivity index (χ0n) is 15.7. The highest BCUT2D eigenvalue weighted by atomic mass is 32.2. The Bertz CT molecular complexity index is 727. The minimum absolute atomic E-state index is 0.0916. The van der Waals surface area contributed by atoms with Gasteiger partial charge in [0.25, 0.3) is 0 Å². The minimum Gasteiger partial charge on any atom is -0.355 e. The average molecular weight is 393 g/mol. The first kappa shape index (κ1) is 19.6. The van der Waals surface area contributed by atoms with Gasteiger partial charge in [-0.25, -0.2) is 9.97 Å². The molecule has 0 radical (unpaired) electrons. The van der Waals surface area contributed by atoms with Crippen molar-refractivity contribution < 1.29 is 4.79 Å². The summed E-state index contributed by atoms with van der Waals surface area (Å²) < 4.78 is 0. The number of thiophene rings is 1. The standard InChI is InChI=1S/C19H28N4OS2/c1-3-15-12-16-18(21-13-22-19(16)26-15)25-14(2)17(24)20-8-4-5-9-23-10-6-7-11-23/h12-14H,3-11H2,1-2H3,(H,20,24). The molecule has 3 rings (SSSR count). The van der Waals surface area contributed by atoms with Crippen LogP contribution in [0.1, 0.15) is 44.4 Å². The van der Waals surface area contributed by atoms with Crippen molar-refractivity contribution in [3.63, 3.8) is 0 Å². The molecule has 1 aliphatic heterocycles. The highest BCUT2D eigenvalue weighted by Crippen LogP contribution is 2.32. The van der Waals surface area contributed by atoms with Crippen molar-refractivity contribution in [2.45, 2.75) is 56.2 Å². The number of aryl methyl sites for hydroxylation is 1. The topological polar surface area (TPSA) is 58.1 Å². The van der Waals surface area contributed by atoms with Gasteiger partial charge in [-0.3, -0.25) is 4.79 Å². The van der Waals surface area contributed by atoms with Crippen LogP contribution in [0.15, 0.2) is 17.4 Å². The van der Waals surface area contributed by atoms with E-state index in [1.165, 1.54) is 42.6 Å². The molecule has 1 aliphatic rings. The van der Waals surface area contributed by atoms with Crippen LogP contribution < -0.4 is 5.32 Å². The molecule has 2 aromatic rings. The van der Waals surface area contributed by atoms with Gasteiger partial charge in [-0.2, -0.15) is 0 Å². The van der Waals surface area contributed by atoms with Gasteiger partial charge < -0.3 is 10.2 Å². The lowest BCUT2D eigenvalue weighted by molar-refractivity contribution is -0.120. The number of nitrogens with one attached hydrogen (secondary N) is 1. The summed E-state index contributed by atoms with van der Waals surface area (Å²) >= 11 is 3.23. The summed E-state index contributed by atoms with van der Waals surface area (Å²) in [6.45, 7) is 8.51. The number of fused-ring (bicyclic) bond motifs is 1. The summed E-state index contributed by atoms with van der Waals surface area (Å²) in [5.74, 6) is 0.0916. The average Bonchev–Trinajstić information content (AvgIpc) is 3.30. The summed E-state index contributed by atoms with van der Waals surface area (Å²) in [5.41, 5.74) is 0. The zero-order valence-corrected chi connectivity index (χ0v) is 17.3. The predicted octanol–water partition coefficient (Wildman–Crippen LogP) is 3.73. The third-order valence-corrected chi connectivity index (χ3v) is 7.05. The molecule has 0 aromatic carbocycles. The summed E-state index contributed by atoms with van der Waals surface area (Å²) in [4.78, 5) is 26.0. The van der Waals surface area contributed by atoms with Crippen LogP contribution in [0.5, 0.6) is 0 Å². The van der Waals surface area contributed by atoms with Crippen molar-refractivity contribution in [1.29, 1.82) is 0 Å². The number of hydrogen-bond acceptors (Lipinski definition) is 6. The normalized spacial score (nSPS) is 16.2. The first-order valence-corrected chi connectivity index (χ1v) is 11.3. The Kier molecular flexibility index (Phi) is 7.28. The van der Waals surface area contributed by atoms with Crippen molar-refractivity contribution in [2.24, 2.45) is 0 Å². The van der Waals surface area contributed by atoms with Gasteiger partial charge in [0.2, 0.25) is 5.91 Å². The summed E-state index contributed by atoms with van der Waals surface area (Å²) in [5, 5.41) is 4.90. The van der Waals surface area contributed by atoms with Crippen molar-refractivity contribution in [3.05, 3.63) is 17.3 Å². The van der Waals surface area contributed by atoms with Gasteiger partial charge in [-0.1, -0.05) is 18.7 Å². The molecule has 1 atom stereocenters. The molecule has 1 amide bonds. The molecule has 1 fully saturated rings. The molecule has 2 aromatic heterocycles. The van der Waals surface area contributed by atoms with Crippen LogP contribution in [-0.2, 0) is 11.2 Å². The Labute approximate surface area is 164 Å². The minimum atomic E-state index is -0.156. The van der Waals surface area contributed by atoms with Gasteiger partial charge in [0.15, 0.2) is 0 Å². The molecule has 0 spiro atoms. The number of hydrogen-bond donors (Lipinski definition) is 1. The van der Waals surface area contributed by atoms with E-state index in [2.05, 4.69) is 33.2 Å². The van der Waals surface area contributed by atoms with Crippen LogP contribution in [0.4, 0.5) is 0 Å². The van der Waals surface area contributed by atoms with Gasteiger partial charge in [0, 0.05) is 16.8 Å². The van der Waals surface area contributed by atoms with Crippen molar-refractivity contribution >= 4 is 39.2 Å². The number of nitrogens with zero attached hydrogens (tertiary/aromatic N) is 3. The predicted molar refractivity (Wildman–Crippen MR) is 110 cm³/mol. The SMILES string of the molecule is CCc1cc2c(SC(C)C(=O)NCCCCN3CCCC3)ncnc2s1. The second-order valence-electron chi connectivity index (χ2n) is 6.77. The largest absolute Gasteiger partial charge is 0.355 e. The number of carbonyl (C=O) groups excluding carboxylic acids is 1. The van der Waals surface area contributed by atoms with Crippen LogP contribution in [0.2, 0.25) is 0 Å². The summed E-state index contributed by atoms with van der Waals surface area (Å²) in [7, 11) is 0. The number of amides is 1. The maximum absolute atomic E-state index is 12.4. The van der Waals surface area contributed by atoms with Gasteiger partial charge in [-0.15, -0.1) is 11.3 Å². The quantitative estimate of drug-likeness (QED) is 0.400. The maximum atomic E-state index is 12.4. The fourth-order valence-corrected chi connectivity index (χ4v) is 5.11. The number of thioether (sulfide) groups is 1. The zero-order chi connectivity index (χ0) is 18.4. The van der Waals surface area contributed by atoms with E-state index in [1.807, 2.05) is 6.92 Å². The number of unbranched alkanes of at least 4 members (excludes halogenated alkanes) is 1. The van der Waals surface area contributed by atoms with Crippen molar-refractivity contribution in [1.82, 2.24) is 20.2 Å². The molecule has 0 bridgehead atoms. The maximum Gasteiger partial charge on any atom is 0.233 e. The third-order valence-electron chi connectivity index (χ3n) is 4.75. The molecule has 26 heavy (non-hydrogen) atoms. The van der Waals surface area contributed by atoms with E-state index in [4.69, 9.17) is 0 Å². The highest BCUT2D eigenvalue weighted by molar-refractivity contribution is 8.00. The first-order chi connectivity index (χ1) is 12.7. The lowest BCUT2D eigenvalue weighted by atomic mass is 10.3. The molecule has 5 nitrogen and oxygen atoms in total. The monoisotopic (exact) mass is 392 g/mol. The van der Waals surface area contributed by atoms with E-state index >= 15 is 0 Å². The lowest BCUT2D eigenvalue weighted by Gasteiger charge is -2.15. The van der Waals surface area contributed by atoms with Crippen molar-refractivity contribution in [2.75, 3.05) is 26.2 Å². The van der Waals surface area contributed by atoms with E-state index in [-0.39, 0.29) is 11.2 Å². The van der Waals surface area contributed by atoms with E-state index in [0.29, 0.717) is 0 Å². The number of aromatic nitrogens is 2. The number of carbonyl (C=O) groups is 1. The Balaban J connectivity index is 1.44. The van der Waals surface area contributed by atoms with Crippen LogP contribution >= 0.6 is 23.1 Å². The Morgan fingerprint density at radius 2 is 2.15 bits per heavy atom. The molecular weight excluding hydrogens is 364 g/mol. The van der Waals surface area contributed by atoms with E-state index < -0.39 is 0 Å². The van der Waals surface area contributed by atoms with Crippen LogP contribution in [0.25, 0.3) is 10.2 Å². The second-order valence-corrected chi connectivity index (χ2v) is 9.22. The smallest absolute Gasteiger partial charge is 0.233 e. The molecule has 1 saturated heterocycles. The highest BCUT2D eigenvalue weighted by Gasteiger charge is 2.17. The molecule has 3 heterocycles. The van der Waals surface area contributed by atoms with Crippen LogP contribution in [0, 0.1) is 0 Å². The van der Waals surface area contributed by atoms with E-state index in [0.717, 1.165) is 47.6 Å². The fourth-order valence-electron chi connectivity index (χ4n) is 3.19. The Hall–Kier alpha value is -1.18. The second kappa shape index (κ2) is 9.67. The van der Waals surface area contributed by atoms with Gasteiger partial charge in [-0.05, 0) is 64.7 Å². The van der Waals surface area contributed by atoms with Gasteiger partial charge in [0.05, 0.1) is 5.25 Å². The first-order valence-electron chi connectivity index (χ1n) is 9.57. The summed E-state index contributed by atoms with van der Waals surface area (Å²) in [6.07, 6.45) is 7.48. The molecule has 0 saturated carbocycles. The Morgan fingerprint density at radius 1 is 1.35 bits per heavy atom. The van der Waals surface area contributed by atoms with E-state index in [1.54, 1.807) is 17.7 Å². The number of likely N-dealkylation sites (tertiary alicyclic amines) is 1. The fraction of sp³-hybridized carbons (Fsp3) is 0.632. The van der Waals surface area contributed by atoms with Crippen LogP contribution in [0.3, 0.4) is 0 Å². The molecule has 7 heteroatoms. The molecule has 1 unspecified atom stereocenters. The molecular formula is C19H28N4OS2. The van der Waals surface area contributed by atoms with Crippen LogP contribution in [-0.4, -0.2) is 52.2 Å². The molecule has 0 aliphatic carbocycles. The Morgan fingerprint density at radius 3 is 2.92 bits per heavy atom. The number of rotatable bonds is 9. The third kappa shape index (κ3) is 5.18. The van der Waals surface area contributed by atoms with Crippen molar-refractivity contribution in [3.8, 4) is 0 Å². The van der Waals surface area contributed by atoms with E-state index in [9.17, 15) is 4.79 Å². The molecule has 1 N–H and O–H groups in total. The van der Waals surface area contributed by atoms with Gasteiger partial charge in [0.1, 0.15) is 16.2 Å². The van der Waals surface area contributed by atoms with Gasteiger partial charge >= 0.3 is 0 Å². The molecule has 142 valence electrons.